The molecule has 248 valence electrons. The zero-order valence-corrected chi connectivity index (χ0v) is 25.8. The molecule has 1 fully saturated rings. The summed E-state index contributed by atoms with van der Waals surface area (Å²) in [7, 11) is 0. The zero-order chi connectivity index (χ0) is 33.4. The van der Waals surface area contributed by atoms with Crippen LogP contribution in [0.3, 0.4) is 0 Å². The number of primary amides is 1. The van der Waals surface area contributed by atoms with Gasteiger partial charge in [-0.2, -0.15) is 0 Å². The SMILES string of the molecule is CC(C)[C@H](NC(=O)CCCCCCC(=O)ON1C(=O)CCC1=O)C(=O)N[C@@H](CCCNC(N)=O)C(=O)Nc1ccc(CO)cc1. The number of aliphatic hydroxyl groups excluding tert-OH is 1. The Morgan fingerprint density at radius 3 is 2.09 bits per heavy atom. The van der Waals surface area contributed by atoms with Crippen LogP contribution in [0.5, 0.6) is 0 Å². The van der Waals surface area contributed by atoms with E-state index in [9.17, 15) is 38.7 Å². The molecular formula is C30H44N6O9. The van der Waals surface area contributed by atoms with Crippen molar-refractivity contribution >= 4 is 47.2 Å². The fourth-order valence-electron chi connectivity index (χ4n) is 4.47. The number of hydrogen-bond acceptors (Lipinski definition) is 9. The van der Waals surface area contributed by atoms with Crippen molar-refractivity contribution in [2.45, 2.75) is 96.7 Å². The third kappa shape index (κ3) is 13.3. The van der Waals surface area contributed by atoms with Gasteiger partial charge in [-0.1, -0.05) is 38.8 Å². The summed E-state index contributed by atoms with van der Waals surface area (Å²) < 4.78 is 0. The van der Waals surface area contributed by atoms with E-state index in [1.54, 1.807) is 38.1 Å². The Morgan fingerprint density at radius 1 is 0.889 bits per heavy atom. The number of hydroxylamine groups is 2. The molecule has 7 amide bonds. The summed E-state index contributed by atoms with van der Waals surface area (Å²) in [5.74, 6) is -3.40. The highest BCUT2D eigenvalue weighted by Gasteiger charge is 2.32. The Morgan fingerprint density at radius 2 is 1.51 bits per heavy atom. The van der Waals surface area contributed by atoms with Crippen molar-refractivity contribution in [2.75, 3.05) is 11.9 Å². The first kappa shape index (κ1) is 36.7. The molecule has 1 heterocycles. The number of rotatable bonds is 19. The number of carbonyl (C=O) groups is 7. The number of carbonyl (C=O) groups excluding carboxylic acids is 7. The standard InChI is InChI=1S/C30H44N6O9/c1-19(2)27(35-23(38)9-5-3-4-6-10-26(41)45-36-24(39)15-16-25(36)40)29(43)34-22(8-7-17-32-30(31)44)28(42)33-21-13-11-20(18-37)12-14-21/h11-14,19,22,27,37H,3-10,15-18H2,1-2H3,(H,33,42)(H,34,43)(H,35,38)(H3,31,32,44)/t22-,27-/m0/s1. The molecule has 2 atom stereocenters. The van der Waals surface area contributed by atoms with Crippen LogP contribution in [-0.4, -0.2) is 70.3 Å². The molecule has 15 heteroatoms. The van der Waals surface area contributed by atoms with Crippen LogP contribution < -0.4 is 27.0 Å². The predicted molar refractivity (Wildman–Crippen MR) is 161 cm³/mol. The van der Waals surface area contributed by atoms with Gasteiger partial charge in [-0.25, -0.2) is 9.59 Å². The third-order valence-corrected chi connectivity index (χ3v) is 7.01. The number of urea groups is 1. The molecule has 1 aliphatic heterocycles. The molecular weight excluding hydrogens is 588 g/mol. The zero-order valence-electron chi connectivity index (χ0n) is 25.8. The van der Waals surface area contributed by atoms with Gasteiger partial charge in [-0.15, -0.1) is 5.06 Å². The Hall–Kier alpha value is -4.53. The van der Waals surface area contributed by atoms with Crippen molar-refractivity contribution in [3.63, 3.8) is 0 Å². The van der Waals surface area contributed by atoms with Gasteiger partial charge in [-0.05, 0) is 49.3 Å². The van der Waals surface area contributed by atoms with E-state index < -0.39 is 47.7 Å². The summed E-state index contributed by atoms with van der Waals surface area (Å²) >= 11 is 0. The summed E-state index contributed by atoms with van der Waals surface area (Å²) in [6.45, 7) is 3.58. The van der Waals surface area contributed by atoms with Crippen LogP contribution in [0.25, 0.3) is 0 Å². The first-order chi connectivity index (χ1) is 21.4. The number of nitrogens with two attached hydrogens (primary N) is 1. The van der Waals surface area contributed by atoms with Crippen molar-refractivity contribution in [1.29, 1.82) is 0 Å². The summed E-state index contributed by atoms with van der Waals surface area (Å²) in [5.41, 5.74) is 6.24. The summed E-state index contributed by atoms with van der Waals surface area (Å²) in [4.78, 5) is 89.8. The molecule has 1 aromatic carbocycles. The van der Waals surface area contributed by atoms with Gasteiger partial charge in [0, 0.05) is 37.9 Å². The summed E-state index contributed by atoms with van der Waals surface area (Å²) in [6, 6.07) is 3.96. The van der Waals surface area contributed by atoms with Crippen molar-refractivity contribution in [3.8, 4) is 0 Å². The number of aliphatic hydroxyl groups is 1. The molecule has 0 radical (unpaired) electrons. The maximum atomic E-state index is 13.2. The molecule has 0 spiro atoms. The fourth-order valence-corrected chi connectivity index (χ4v) is 4.47. The second-order valence-corrected chi connectivity index (χ2v) is 11.1. The molecule has 0 bridgehead atoms. The van der Waals surface area contributed by atoms with Gasteiger partial charge in [0.05, 0.1) is 6.61 Å². The molecule has 7 N–H and O–H groups in total. The van der Waals surface area contributed by atoms with Crippen LogP contribution in [0.2, 0.25) is 0 Å². The maximum absolute atomic E-state index is 13.2. The second kappa shape index (κ2) is 19.0. The number of imide groups is 1. The number of amides is 7. The van der Waals surface area contributed by atoms with Gasteiger partial charge in [0.15, 0.2) is 0 Å². The van der Waals surface area contributed by atoms with Gasteiger partial charge in [0.1, 0.15) is 12.1 Å². The summed E-state index contributed by atoms with van der Waals surface area (Å²) in [6.07, 6.45) is 2.96. The van der Waals surface area contributed by atoms with E-state index in [0.717, 1.165) is 0 Å². The minimum Gasteiger partial charge on any atom is -0.392 e. The first-order valence-electron chi connectivity index (χ1n) is 15.1. The Labute approximate surface area is 261 Å². The molecule has 45 heavy (non-hydrogen) atoms. The molecule has 2 rings (SSSR count). The third-order valence-electron chi connectivity index (χ3n) is 7.01. The Kier molecular flexibility index (Phi) is 15.5. The molecule has 1 saturated heterocycles. The minimum absolute atomic E-state index is 0.0279. The van der Waals surface area contributed by atoms with Crippen LogP contribution in [0, 0.1) is 5.92 Å². The minimum atomic E-state index is -0.976. The van der Waals surface area contributed by atoms with Crippen molar-refractivity contribution < 1.29 is 43.5 Å². The van der Waals surface area contributed by atoms with E-state index in [2.05, 4.69) is 21.3 Å². The van der Waals surface area contributed by atoms with E-state index in [1.165, 1.54) is 0 Å². The average molecular weight is 633 g/mol. The van der Waals surface area contributed by atoms with Gasteiger partial charge in [-0.3, -0.25) is 24.0 Å². The predicted octanol–water partition coefficient (Wildman–Crippen LogP) is 1.14. The molecule has 0 saturated carbocycles. The molecule has 1 aromatic rings. The van der Waals surface area contributed by atoms with Crippen LogP contribution in [0.15, 0.2) is 24.3 Å². The number of unbranched alkanes of at least 4 members (excludes halogenated alkanes) is 3. The van der Waals surface area contributed by atoms with Crippen molar-refractivity contribution in [2.24, 2.45) is 11.7 Å². The quantitative estimate of drug-likeness (QED) is 0.0948. The van der Waals surface area contributed by atoms with Gasteiger partial charge < -0.3 is 36.9 Å². The first-order valence-corrected chi connectivity index (χ1v) is 15.1. The van der Waals surface area contributed by atoms with E-state index >= 15 is 0 Å². The number of benzene rings is 1. The van der Waals surface area contributed by atoms with Gasteiger partial charge in [0.25, 0.3) is 11.8 Å². The maximum Gasteiger partial charge on any atom is 0.333 e. The normalized spacial score (nSPS) is 14.1. The highest BCUT2D eigenvalue weighted by molar-refractivity contribution is 6.01. The van der Waals surface area contributed by atoms with Gasteiger partial charge >= 0.3 is 12.0 Å². The van der Waals surface area contributed by atoms with Crippen LogP contribution in [-0.2, 0) is 40.2 Å². The van der Waals surface area contributed by atoms with Gasteiger partial charge in [0.2, 0.25) is 17.7 Å². The molecule has 0 aromatic heterocycles. The lowest BCUT2D eigenvalue weighted by Crippen LogP contribution is -2.54. The highest BCUT2D eigenvalue weighted by Crippen LogP contribution is 2.15. The van der Waals surface area contributed by atoms with E-state index in [-0.39, 0.29) is 57.1 Å². The highest BCUT2D eigenvalue weighted by atomic mass is 16.7. The van der Waals surface area contributed by atoms with E-state index in [4.69, 9.17) is 10.6 Å². The summed E-state index contributed by atoms with van der Waals surface area (Å²) in [5, 5.41) is 20.4. The van der Waals surface area contributed by atoms with Crippen LogP contribution >= 0.6 is 0 Å². The number of nitrogens with one attached hydrogen (secondary N) is 4. The van der Waals surface area contributed by atoms with Crippen molar-refractivity contribution in [3.05, 3.63) is 29.8 Å². The van der Waals surface area contributed by atoms with E-state index in [0.29, 0.717) is 48.4 Å². The number of nitrogens with zero attached hydrogens (tertiary/aromatic N) is 1. The largest absolute Gasteiger partial charge is 0.392 e. The second-order valence-electron chi connectivity index (χ2n) is 11.1. The van der Waals surface area contributed by atoms with E-state index in [1.807, 2.05) is 0 Å². The molecule has 15 nitrogen and oxygen atoms in total. The lowest BCUT2D eigenvalue weighted by Gasteiger charge is -2.25. The molecule has 0 unspecified atom stereocenters. The average Bonchev–Trinajstić information content (AvgIpc) is 3.31. The molecule has 0 aliphatic carbocycles. The van der Waals surface area contributed by atoms with Crippen LogP contribution in [0.1, 0.15) is 83.6 Å². The lowest BCUT2D eigenvalue weighted by atomic mass is 10.0. The Bertz CT molecular complexity index is 1190. The lowest BCUT2D eigenvalue weighted by molar-refractivity contribution is -0.197. The molecule has 1 aliphatic rings. The smallest absolute Gasteiger partial charge is 0.333 e. The Balaban J connectivity index is 1.83. The topological polar surface area (TPSA) is 226 Å². The number of anilines is 1. The fraction of sp³-hybridized carbons (Fsp3) is 0.567. The van der Waals surface area contributed by atoms with Crippen LogP contribution in [0.4, 0.5) is 10.5 Å². The van der Waals surface area contributed by atoms with Crippen molar-refractivity contribution in [1.82, 2.24) is 21.0 Å². The monoisotopic (exact) mass is 632 g/mol. The number of hydrogen-bond donors (Lipinski definition) is 6.